The molecule has 8 nitrogen and oxygen atoms in total. The first-order valence-corrected chi connectivity index (χ1v) is 9.45. The Kier molecular flexibility index (Phi) is 5.03. The van der Waals surface area contributed by atoms with Crippen LogP contribution in [0.4, 0.5) is 18.9 Å². The van der Waals surface area contributed by atoms with Crippen molar-refractivity contribution in [3.05, 3.63) is 59.6 Å². The lowest BCUT2D eigenvalue weighted by Crippen LogP contribution is -2.51. The molecule has 0 aliphatic carbocycles. The van der Waals surface area contributed by atoms with E-state index in [1.54, 1.807) is 12.1 Å². The number of hydrogen-bond acceptors (Lipinski definition) is 5. The summed E-state index contributed by atoms with van der Waals surface area (Å²) in [5.74, 6) is -1.62. The Hall–Kier alpha value is -3.63. The van der Waals surface area contributed by atoms with Gasteiger partial charge in [0, 0.05) is 29.7 Å². The summed E-state index contributed by atoms with van der Waals surface area (Å²) in [7, 11) is 0. The lowest BCUT2D eigenvalue weighted by atomic mass is 10.0. The van der Waals surface area contributed by atoms with Crippen LogP contribution in [0.3, 0.4) is 0 Å². The van der Waals surface area contributed by atoms with E-state index in [9.17, 15) is 27.6 Å². The number of hydrogen-bond donors (Lipinski definition) is 2. The second kappa shape index (κ2) is 7.56. The molecule has 162 valence electrons. The molecular weight excluding hydrogens is 415 g/mol. The Labute approximate surface area is 174 Å². The van der Waals surface area contributed by atoms with Crippen molar-refractivity contribution < 1.29 is 27.6 Å². The SMILES string of the molecule is C=C1CCC(N2C(=O)c3cccc(NCc4cnn(CC(F)(F)F)c4)c3C2=O)C(=O)N1. The summed E-state index contributed by atoms with van der Waals surface area (Å²) in [6.07, 6.45) is -1.10. The molecule has 3 amide bonds. The molecule has 2 aliphatic rings. The smallest absolute Gasteiger partial charge is 0.380 e. The number of halogens is 3. The fourth-order valence-electron chi connectivity index (χ4n) is 3.71. The Bertz CT molecular complexity index is 1090. The fraction of sp³-hybridized carbons (Fsp3) is 0.300. The van der Waals surface area contributed by atoms with Crippen molar-refractivity contribution in [2.75, 3.05) is 5.32 Å². The first kappa shape index (κ1) is 20.6. The molecule has 2 aromatic rings. The van der Waals surface area contributed by atoms with Crippen LogP contribution in [0.25, 0.3) is 0 Å². The lowest BCUT2D eigenvalue weighted by Gasteiger charge is -2.29. The summed E-state index contributed by atoms with van der Waals surface area (Å²) in [5.41, 5.74) is 1.65. The van der Waals surface area contributed by atoms with Gasteiger partial charge in [-0.05, 0) is 25.0 Å². The van der Waals surface area contributed by atoms with Crippen LogP contribution in [0, 0.1) is 0 Å². The standard InChI is InChI=1S/C20H18F3N5O3/c1-11-5-6-15(17(29)26-11)28-18(30)13-3-2-4-14(16(13)19(28)31)24-7-12-8-25-27(9-12)10-20(21,22)23/h2-4,8-9,15,24H,1,5-7,10H2,(H,26,29). The third-order valence-electron chi connectivity index (χ3n) is 5.09. The fourth-order valence-corrected chi connectivity index (χ4v) is 3.71. The maximum absolute atomic E-state index is 13.0. The van der Waals surface area contributed by atoms with Crippen LogP contribution in [-0.4, -0.2) is 44.6 Å². The highest BCUT2D eigenvalue weighted by atomic mass is 19.4. The molecule has 0 bridgehead atoms. The molecule has 1 aromatic carbocycles. The van der Waals surface area contributed by atoms with Gasteiger partial charge in [-0.25, -0.2) is 0 Å². The second-order valence-electron chi connectivity index (χ2n) is 7.37. The first-order chi connectivity index (χ1) is 14.6. The molecule has 1 saturated heterocycles. The molecule has 0 spiro atoms. The molecule has 2 N–H and O–H groups in total. The average molecular weight is 433 g/mol. The maximum Gasteiger partial charge on any atom is 0.408 e. The molecule has 11 heteroatoms. The lowest BCUT2D eigenvalue weighted by molar-refractivity contribution is -0.142. The van der Waals surface area contributed by atoms with Gasteiger partial charge in [-0.15, -0.1) is 0 Å². The zero-order valence-corrected chi connectivity index (χ0v) is 16.2. The molecule has 1 fully saturated rings. The normalized spacial score (nSPS) is 18.9. The summed E-state index contributed by atoms with van der Waals surface area (Å²) in [6.45, 7) is 2.59. The topological polar surface area (TPSA) is 96.3 Å². The molecule has 0 saturated carbocycles. The van der Waals surface area contributed by atoms with Crippen molar-refractivity contribution in [3.63, 3.8) is 0 Å². The van der Waals surface area contributed by atoms with Crippen LogP contribution in [0.1, 0.15) is 39.1 Å². The zero-order chi connectivity index (χ0) is 22.3. The highest BCUT2D eigenvalue weighted by Crippen LogP contribution is 2.33. The van der Waals surface area contributed by atoms with E-state index in [-0.39, 0.29) is 24.1 Å². The molecular formula is C20H18F3N5O3. The summed E-state index contributed by atoms with van der Waals surface area (Å²) in [5, 5.41) is 9.23. The van der Waals surface area contributed by atoms with Crippen LogP contribution in [0.2, 0.25) is 0 Å². The van der Waals surface area contributed by atoms with Gasteiger partial charge in [0.25, 0.3) is 11.8 Å². The van der Waals surface area contributed by atoms with Gasteiger partial charge in [-0.2, -0.15) is 18.3 Å². The number of rotatable bonds is 5. The van der Waals surface area contributed by atoms with Gasteiger partial charge in [0.15, 0.2) is 0 Å². The Morgan fingerprint density at radius 1 is 1.23 bits per heavy atom. The number of piperidine rings is 1. The number of allylic oxidation sites excluding steroid dienone is 1. The molecule has 31 heavy (non-hydrogen) atoms. The predicted molar refractivity (Wildman–Crippen MR) is 103 cm³/mol. The van der Waals surface area contributed by atoms with E-state index >= 15 is 0 Å². The molecule has 0 radical (unpaired) electrons. The number of nitrogens with one attached hydrogen (secondary N) is 2. The zero-order valence-electron chi connectivity index (χ0n) is 16.2. The van der Waals surface area contributed by atoms with Gasteiger partial charge in [-0.3, -0.25) is 24.0 Å². The van der Waals surface area contributed by atoms with Gasteiger partial charge >= 0.3 is 6.18 Å². The Morgan fingerprint density at radius 3 is 2.71 bits per heavy atom. The van der Waals surface area contributed by atoms with Crippen LogP contribution in [0.5, 0.6) is 0 Å². The number of aromatic nitrogens is 2. The van der Waals surface area contributed by atoms with E-state index in [4.69, 9.17) is 0 Å². The van der Waals surface area contributed by atoms with Crippen LogP contribution >= 0.6 is 0 Å². The Balaban J connectivity index is 1.53. The maximum atomic E-state index is 13.0. The third kappa shape index (κ3) is 4.03. The number of fused-ring (bicyclic) bond motifs is 1. The quantitative estimate of drug-likeness (QED) is 0.707. The van der Waals surface area contributed by atoms with Gasteiger partial charge in [-0.1, -0.05) is 12.6 Å². The van der Waals surface area contributed by atoms with Crippen LogP contribution in [-0.2, 0) is 17.9 Å². The minimum absolute atomic E-state index is 0.0967. The number of amides is 3. The number of imide groups is 1. The van der Waals surface area contributed by atoms with E-state index in [2.05, 4.69) is 22.3 Å². The number of anilines is 1. The predicted octanol–water partition coefficient (Wildman–Crippen LogP) is 2.45. The number of benzene rings is 1. The van der Waals surface area contributed by atoms with Crippen molar-refractivity contribution in [3.8, 4) is 0 Å². The monoisotopic (exact) mass is 433 g/mol. The van der Waals surface area contributed by atoms with Crippen molar-refractivity contribution in [2.24, 2.45) is 0 Å². The van der Waals surface area contributed by atoms with Gasteiger partial charge in [0.05, 0.1) is 17.3 Å². The first-order valence-electron chi connectivity index (χ1n) is 9.45. The van der Waals surface area contributed by atoms with E-state index in [0.717, 1.165) is 9.58 Å². The molecule has 4 rings (SSSR count). The van der Waals surface area contributed by atoms with Gasteiger partial charge < -0.3 is 10.6 Å². The molecule has 1 aromatic heterocycles. The molecule has 1 atom stereocenters. The van der Waals surface area contributed by atoms with Crippen molar-refractivity contribution in [1.82, 2.24) is 20.0 Å². The van der Waals surface area contributed by atoms with Crippen LogP contribution in [0.15, 0.2) is 42.9 Å². The summed E-state index contributed by atoms with van der Waals surface area (Å²) in [4.78, 5) is 39.2. The summed E-state index contributed by atoms with van der Waals surface area (Å²) >= 11 is 0. The minimum Gasteiger partial charge on any atom is -0.380 e. The van der Waals surface area contributed by atoms with Gasteiger partial charge in [0.2, 0.25) is 5.91 Å². The number of carbonyl (C=O) groups is 3. The van der Waals surface area contributed by atoms with E-state index in [1.807, 2.05) is 0 Å². The Morgan fingerprint density at radius 2 is 2.00 bits per heavy atom. The van der Waals surface area contributed by atoms with Crippen molar-refractivity contribution in [1.29, 1.82) is 0 Å². The molecule has 1 unspecified atom stereocenters. The molecule has 2 aliphatic heterocycles. The van der Waals surface area contributed by atoms with E-state index in [1.165, 1.54) is 18.5 Å². The second-order valence-corrected chi connectivity index (χ2v) is 7.37. The minimum atomic E-state index is -4.38. The average Bonchev–Trinajstić information content (AvgIpc) is 3.22. The highest BCUT2D eigenvalue weighted by molar-refractivity contribution is 6.25. The largest absolute Gasteiger partial charge is 0.408 e. The number of carbonyl (C=O) groups excluding carboxylic acids is 3. The molecule has 3 heterocycles. The van der Waals surface area contributed by atoms with Crippen molar-refractivity contribution >= 4 is 23.4 Å². The number of nitrogens with zero attached hydrogens (tertiary/aromatic N) is 3. The van der Waals surface area contributed by atoms with Crippen LogP contribution < -0.4 is 10.6 Å². The number of alkyl halides is 3. The van der Waals surface area contributed by atoms with Gasteiger partial charge in [0.1, 0.15) is 12.6 Å². The van der Waals surface area contributed by atoms with E-state index in [0.29, 0.717) is 23.4 Å². The summed E-state index contributed by atoms with van der Waals surface area (Å²) < 4.78 is 38.2. The third-order valence-corrected chi connectivity index (χ3v) is 5.09. The highest BCUT2D eigenvalue weighted by Gasteiger charge is 2.45. The summed E-state index contributed by atoms with van der Waals surface area (Å²) in [6, 6.07) is 3.76. The van der Waals surface area contributed by atoms with Crippen molar-refractivity contribution in [2.45, 2.75) is 38.1 Å². The van der Waals surface area contributed by atoms with E-state index < -0.39 is 36.5 Å².